The Bertz CT molecular complexity index is 536. The summed E-state index contributed by atoms with van der Waals surface area (Å²) in [5.41, 5.74) is -0.609. The third kappa shape index (κ3) is 2.68. The van der Waals surface area contributed by atoms with Gasteiger partial charge in [0.25, 0.3) is 0 Å². The summed E-state index contributed by atoms with van der Waals surface area (Å²) in [6, 6.07) is 5.38. The summed E-state index contributed by atoms with van der Waals surface area (Å²) in [6.07, 6.45) is -4.38. The van der Waals surface area contributed by atoms with Gasteiger partial charge in [0.1, 0.15) is 10.0 Å². The van der Waals surface area contributed by atoms with Crippen LogP contribution in [0.5, 0.6) is 0 Å². The first kappa shape index (κ1) is 13.0. The fourth-order valence-corrected chi connectivity index (χ4v) is 2.39. The van der Waals surface area contributed by atoms with Crippen LogP contribution in [0.25, 0.3) is 10.6 Å². The summed E-state index contributed by atoms with van der Waals surface area (Å²) in [4.78, 5) is 0. The molecule has 0 spiro atoms. The molecule has 0 amide bonds. The van der Waals surface area contributed by atoms with Crippen molar-refractivity contribution < 1.29 is 13.2 Å². The lowest BCUT2D eigenvalue weighted by Gasteiger charge is -2.09. The minimum Gasteiger partial charge on any atom is -0.313 e. The first-order valence-electron chi connectivity index (χ1n) is 5.16. The van der Waals surface area contributed by atoms with Gasteiger partial charge in [-0.05, 0) is 13.1 Å². The highest BCUT2D eigenvalue weighted by molar-refractivity contribution is 7.14. The molecule has 0 saturated heterocycles. The molecule has 0 radical (unpaired) electrons. The smallest absolute Gasteiger partial charge is 0.313 e. The van der Waals surface area contributed by atoms with Crippen molar-refractivity contribution in [2.75, 3.05) is 7.05 Å². The second kappa shape index (κ2) is 5.03. The molecule has 0 aliphatic heterocycles. The molecule has 2 aromatic rings. The van der Waals surface area contributed by atoms with Crippen molar-refractivity contribution in [3.05, 3.63) is 34.8 Å². The summed E-state index contributed by atoms with van der Waals surface area (Å²) in [5.74, 6) is 0. The first-order valence-corrected chi connectivity index (χ1v) is 5.97. The molecule has 2 rings (SSSR count). The summed E-state index contributed by atoms with van der Waals surface area (Å²) in [7, 11) is 1.74. The average Bonchev–Trinajstić information content (AvgIpc) is 2.77. The maximum atomic E-state index is 12.8. The number of halogens is 3. The maximum Gasteiger partial charge on any atom is 0.417 e. The number of nitrogens with zero attached hydrogens (tertiary/aromatic N) is 2. The van der Waals surface area contributed by atoms with E-state index in [9.17, 15) is 13.2 Å². The van der Waals surface area contributed by atoms with Crippen LogP contribution in [0.3, 0.4) is 0 Å². The number of alkyl halides is 3. The number of rotatable bonds is 3. The molecule has 0 unspecified atom stereocenters. The minimum atomic E-state index is -4.38. The van der Waals surface area contributed by atoms with Gasteiger partial charge in [-0.3, -0.25) is 0 Å². The molecular formula is C11H10F3N3S. The van der Waals surface area contributed by atoms with E-state index >= 15 is 0 Å². The summed E-state index contributed by atoms with van der Waals surface area (Å²) < 4.78 is 38.5. The van der Waals surface area contributed by atoms with Crippen LogP contribution in [0.1, 0.15) is 10.6 Å². The van der Waals surface area contributed by atoms with Gasteiger partial charge in [0.15, 0.2) is 0 Å². The highest BCUT2D eigenvalue weighted by atomic mass is 32.1. The second-order valence-electron chi connectivity index (χ2n) is 3.57. The van der Waals surface area contributed by atoms with E-state index < -0.39 is 11.7 Å². The van der Waals surface area contributed by atoms with E-state index in [4.69, 9.17) is 0 Å². The lowest BCUT2D eigenvalue weighted by Crippen LogP contribution is -2.06. The van der Waals surface area contributed by atoms with E-state index in [2.05, 4.69) is 15.5 Å². The van der Waals surface area contributed by atoms with E-state index in [1.807, 2.05) is 0 Å². The maximum absolute atomic E-state index is 12.8. The Kier molecular flexibility index (Phi) is 3.63. The molecule has 0 saturated carbocycles. The van der Waals surface area contributed by atoms with Crippen LogP contribution in [0.4, 0.5) is 13.2 Å². The topological polar surface area (TPSA) is 37.8 Å². The van der Waals surface area contributed by atoms with E-state index in [0.29, 0.717) is 11.6 Å². The minimum absolute atomic E-state index is 0.0739. The molecule has 1 heterocycles. The van der Waals surface area contributed by atoms with E-state index in [1.54, 1.807) is 13.1 Å². The van der Waals surface area contributed by atoms with Crippen molar-refractivity contribution in [2.45, 2.75) is 12.7 Å². The van der Waals surface area contributed by atoms with E-state index in [1.165, 1.54) is 12.1 Å². The molecule has 0 aliphatic carbocycles. The Morgan fingerprint density at radius 1 is 1.22 bits per heavy atom. The van der Waals surface area contributed by atoms with Gasteiger partial charge in [0.05, 0.1) is 5.56 Å². The predicted molar refractivity (Wildman–Crippen MR) is 63.1 cm³/mol. The molecule has 1 N–H and O–H groups in total. The Labute approximate surface area is 106 Å². The number of benzene rings is 1. The zero-order valence-corrected chi connectivity index (χ0v) is 10.3. The van der Waals surface area contributed by atoms with Crippen LogP contribution in [-0.4, -0.2) is 17.2 Å². The van der Waals surface area contributed by atoms with Crippen molar-refractivity contribution in [1.29, 1.82) is 0 Å². The predicted octanol–water partition coefficient (Wildman–Crippen LogP) is 2.94. The second-order valence-corrected chi connectivity index (χ2v) is 4.64. The highest BCUT2D eigenvalue weighted by Gasteiger charge is 2.34. The largest absolute Gasteiger partial charge is 0.417 e. The van der Waals surface area contributed by atoms with Crippen LogP contribution in [-0.2, 0) is 12.7 Å². The Morgan fingerprint density at radius 3 is 2.61 bits per heavy atom. The van der Waals surface area contributed by atoms with Gasteiger partial charge in [-0.1, -0.05) is 29.5 Å². The number of hydrogen-bond donors (Lipinski definition) is 1. The van der Waals surface area contributed by atoms with E-state index in [-0.39, 0.29) is 10.6 Å². The molecule has 0 bridgehead atoms. The quantitative estimate of drug-likeness (QED) is 0.934. The molecule has 0 fully saturated rings. The molecule has 0 atom stereocenters. The average molecular weight is 273 g/mol. The zero-order chi connectivity index (χ0) is 13.2. The van der Waals surface area contributed by atoms with Gasteiger partial charge in [0, 0.05) is 12.1 Å². The summed E-state index contributed by atoms with van der Waals surface area (Å²) in [6.45, 7) is 0.492. The Balaban J connectivity index is 2.43. The Hall–Kier alpha value is -1.47. The number of aromatic nitrogens is 2. The molecule has 1 aromatic heterocycles. The normalized spacial score (nSPS) is 11.8. The van der Waals surface area contributed by atoms with Crippen molar-refractivity contribution in [2.24, 2.45) is 0 Å². The lowest BCUT2D eigenvalue weighted by atomic mass is 10.1. The van der Waals surface area contributed by atoms with Crippen molar-refractivity contribution in [1.82, 2.24) is 15.5 Å². The van der Waals surface area contributed by atoms with Crippen LogP contribution in [0, 0.1) is 0 Å². The molecule has 7 heteroatoms. The highest BCUT2D eigenvalue weighted by Crippen LogP contribution is 2.37. The molecule has 3 nitrogen and oxygen atoms in total. The van der Waals surface area contributed by atoms with Crippen LogP contribution < -0.4 is 5.32 Å². The van der Waals surface area contributed by atoms with Gasteiger partial charge in [-0.15, -0.1) is 10.2 Å². The lowest BCUT2D eigenvalue weighted by molar-refractivity contribution is -0.137. The molecular weight excluding hydrogens is 263 g/mol. The number of nitrogens with one attached hydrogen (secondary N) is 1. The van der Waals surface area contributed by atoms with Crippen molar-refractivity contribution in [3.63, 3.8) is 0 Å². The summed E-state index contributed by atoms with van der Waals surface area (Å²) >= 11 is 1.16. The molecule has 0 aliphatic rings. The SMILES string of the molecule is CNCc1nnc(-c2ccccc2C(F)(F)F)s1. The molecule has 1 aromatic carbocycles. The van der Waals surface area contributed by atoms with Gasteiger partial charge in [-0.2, -0.15) is 13.2 Å². The monoisotopic (exact) mass is 273 g/mol. The molecule has 96 valence electrons. The summed E-state index contributed by atoms with van der Waals surface area (Å²) in [5, 5.41) is 11.5. The molecule has 18 heavy (non-hydrogen) atoms. The van der Waals surface area contributed by atoms with Crippen LogP contribution in [0.15, 0.2) is 24.3 Å². The van der Waals surface area contributed by atoms with Crippen LogP contribution in [0.2, 0.25) is 0 Å². The van der Waals surface area contributed by atoms with Gasteiger partial charge in [0.2, 0.25) is 0 Å². The van der Waals surface area contributed by atoms with Gasteiger partial charge < -0.3 is 5.32 Å². The third-order valence-corrected chi connectivity index (χ3v) is 3.21. The van der Waals surface area contributed by atoms with E-state index in [0.717, 1.165) is 17.4 Å². The van der Waals surface area contributed by atoms with Crippen molar-refractivity contribution in [3.8, 4) is 10.6 Å². The fraction of sp³-hybridized carbons (Fsp3) is 0.273. The standard InChI is InChI=1S/C11H10F3N3S/c1-15-6-9-16-17-10(18-9)7-4-2-3-5-8(7)11(12,13)14/h2-5,15H,6H2,1H3. The zero-order valence-electron chi connectivity index (χ0n) is 9.45. The van der Waals surface area contributed by atoms with Gasteiger partial charge in [-0.25, -0.2) is 0 Å². The van der Waals surface area contributed by atoms with Crippen molar-refractivity contribution >= 4 is 11.3 Å². The fourth-order valence-electron chi connectivity index (χ4n) is 1.50. The first-order chi connectivity index (χ1) is 8.52. The number of hydrogen-bond acceptors (Lipinski definition) is 4. The van der Waals surface area contributed by atoms with Gasteiger partial charge >= 0.3 is 6.18 Å². The van der Waals surface area contributed by atoms with Crippen LogP contribution >= 0.6 is 11.3 Å². The third-order valence-electron chi connectivity index (χ3n) is 2.26. The Morgan fingerprint density at radius 2 is 1.94 bits per heavy atom.